The Labute approximate surface area is 51.2 Å². The Morgan fingerprint density at radius 1 is 1.88 bits per heavy atom. The predicted octanol–water partition coefficient (Wildman–Crippen LogP) is 1.84. The minimum absolute atomic E-state index is 0.332. The van der Waals surface area contributed by atoms with E-state index in [1.807, 2.05) is 6.92 Å². The Morgan fingerprint density at radius 2 is 2.62 bits per heavy atom. The van der Waals surface area contributed by atoms with E-state index in [9.17, 15) is 4.39 Å². The highest BCUT2D eigenvalue weighted by atomic mass is 32.1. The van der Waals surface area contributed by atoms with E-state index in [1.54, 1.807) is 6.20 Å². The molecule has 0 radical (unpaired) electrons. The lowest BCUT2D eigenvalue weighted by molar-refractivity contribution is 0.617. The van der Waals surface area contributed by atoms with Gasteiger partial charge >= 0.3 is 0 Å². The second-order valence-corrected chi connectivity index (χ2v) is 2.50. The molecule has 0 aromatic carbocycles. The van der Waals surface area contributed by atoms with E-state index < -0.39 is 0 Å². The van der Waals surface area contributed by atoms with Crippen molar-refractivity contribution >= 4 is 11.3 Å². The van der Waals surface area contributed by atoms with Crippen molar-refractivity contribution in [3.8, 4) is 0 Å². The lowest BCUT2D eigenvalue weighted by Crippen LogP contribution is -1.64. The average molecular weight is 131 g/mol. The van der Waals surface area contributed by atoms with Crippen molar-refractivity contribution in [2.24, 2.45) is 0 Å². The number of aromatic nitrogens is 1. The molecule has 0 saturated carbocycles. The first-order valence-electron chi connectivity index (χ1n) is 2.43. The standard InChI is InChI=1S/C5H6FNS/c1-2-4-3-7-5(6)8-4/h3H,2H2,1H3. The molecule has 1 heterocycles. The monoisotopic (exact) mass is 131 g/mol. The lowest BCUT2D eigenvalue weighted by atomic mass is 10.4. The number of nitrogens with zero attached hydrogens (tertiary/aromatic N) is 1. The molecule has 0 aliphatic rings. The molecule has 0 fully saturated rings. The highest BCUT2D eigenvalue weighted by Crippen LogP contribution is 2.10. The second kappa shape index (κ2) is 2.22. The first kappa shape index (κ1) is 5.69. The molecule has 1 aromatic rings. The van der Waals surface area contributed by atoms with Crippen molar-refractivity contribution < 1.29 is 4.39 Å². The van der Waals surface area contributed by atoms with Crippen LogP contribution in [0.5, 0.6) is 0 Å². The van der Waals surface area contributed by atoms with Gasteiger partial charge in [-0.15, -0.1) is 0 Å². The number of rotatable bonds is 1. The van der Waals surface area contributed by atoms with Crippen LogP contribution in [0.1, 0.15) is 11.8 Å². The van der Waals surface area contributed by atoms with E-state index in [1.165, 1.54) is 0 Å². The molecule has 0 bridgehead atoms. The molecular formula is C5H6FNS. The number of thiazole rings is 1. The number of hydrogen-bond acceptors (Lipinski definition) is 2. The van der Waals surface area contributed by atoms with Crippen LogP contribution in [0.15, 0.2) is 6.20 Å². The molecule has 1 aromatic heterocycles. The van der Waals surface area contributed by atoms with Crippen LogP contribution in [-0.2, 0) is 6.42 Å². The lowest BCUT2D eigenvalue weighted by Gasteiger charge is -1.76. The maximum absolute atomic E-state index is 12.0. The van der Waals surface area contributed by atoms with Crippen LogP contribution >= 0.6 is 11.3 Å². The van der Waals surface area contributed by atoms with Gasteiger partial charge < -0.3 is 0 Å². The molecular weight excluding hydrogens is 125 g/mol. The summed E-state index contributed by atoms with van der Waals surface area (Å²) in [5.41, 5.74) is 0. The molecule has 0 aliphatic carbocycles. The Kier molecular flexibility index (Phi) is 1.58. The molecule has 0 saturated heterocycles. The highest BCUT2D eigenvalue weighted by molar-refractivity contribution is 7.09. The topological polar surface area (TPSA) is 12.9 Å². The third kappa shape index (κ3) is 1.04. The predicted molar refractivity (Wildman–Crippen MR) is 31.4 cm³/mol. The third-order valence-electron chi connectivity index (χ3n) is 0.874. The first-order chi connectivity index (χ1) is 3.83. The molecule has 44 valence electrons. The van der Waals surface area contributed by atoms with Gasteiger partial charge in [0.15, 0.2) is 0 Å². The van der Waals surface area contributed by atoms with E-state index in [4.69, 9.17) is 0 Å². The maximum Gasteiger partial charge on any atom is 0.269 e. The van der Waals surface area contributed by atoms with Crippen LogP contribution in [0, 0.1) is 5.26 Å². The number of aryl methyl sites for hydroxylation is 1. The van der Waals surface area contributed by atoms with Gasteiger partial charge in [0.2, 0.25) is 0 Å². The zero-order chi connectivity index (χ0) is 5.98. The third-order valence-corrected chi connectivity index (χ3v) is 1.80. The van der Waals surface area contributed by atoms with E-state index >= 15 is 0 Å². The van der Waals surface area contributed by atoms with Crippen molar-refractivity contribution in [1.82, 2.24) is 4.98 Å². The molecule has 0 spiro atoms. The van der Waals surface area contributed by atoms with Gasteiger partial charge in [-0.2, -0.15) is 4.39 Å². The summed E-state index contributed by atoms with van der Waals surface area (Å²) in [6.07, 6.45) is 2.45. The van der Waals surface area contributed by atoms with Gasteiger partial charge in [-0.3, -0.25) is 0 Å². The summed E-state index contributed by atoms with van der Waals surface area (Å²) in [5, 5.41) is -0.332. The molecule has 0 amide bonds. The van der Waals surface area contributed by atoms with Crippen molar-refractivity contribution in [1.29, 1.82) is 0 Å². The Bertz CT molecular complexity index is 173. The van der Waals surface area contributed by atoms with Gasteiger partial charge in [0, 0.05) is 11.1 Å². The number of hydrogen-bond donors (Lipinski definition) is 0. The van der Waals surface area contributed by atoms with Crippen LogP contribution in [-0.4, -0.2) is 4.98 Å². The van der Waals surface area contributed by atoms with Crippen molar-refractivity contribution in [2.45, 2.75) is 13.3 Å². The molecule has 1 rings (SSSR count). The highest BCUT2D eigenvalue weighted by Gasteiger charge is 1.94. The largest absolute Gasteiger partial charge is 0.269 e. The fourth-order valence-corrected chi connectivity index (χ4v) is 1.02. The van der Waals surface area contributed by atoms with Crippen LogP contribution in [0.2, 0.25) is 0 Å². The van der Waals surface area contributed by atoms with Crippen LogP contribution in [0.3, 0.4) is 0 Å². The minimum Gasteiger partial charge on any atom is -0.218 e. The second-order valence-electron chi connectivity index (χ2n) is 1.43. The maximum atomic E-state index is 12.0. The molecule has 0 atom stereocenters. The zero-order valence-electron chi connectivity index (χ0n) is 4.52. The van der Waals surface area contributed by atoms with Gasteiger partial charge in [0.05, 0.1) is 0 Å². The van der Waals surface area contributed by atoms with Gasteiger partial charge in [-0.05, 0) is 6.42 Å². The summed E-state index contributed by atoms with van der Waals surface area (Å²) in [6, 6.07) is 0. The van der Waals surface area contributed by atoms with Gasteiger partial charge in [-0.1, -0.05) is 18.3 Å². The quantitative estimate of drug-likeness (QED) is 0.566. The fraction of sp³-hybridized carbons (Fsp3) is 0.400. The Morgan fingerprint density at radius 3 is 2.88 bits per heavy atom. The Hall–Kier alpha value is -0.440. The summed E-state index contributed by atoms with van der Waals surface area (Å²) in [6.45, 7) is 1.98. The molecule has 0 aliphatic heterocycles. The van der Waals surface area contributed by atoms with Crippen molar-refractivity contribution in [3.63, 3.8) is 0 Å². The van der Waals surface area contributed by atoms with Crippen molar-refractivity contribution in [2.75, 3.05) is 0 Å². The van der Waals surface area contributed by atoms with Crippen LogP contribution in [0.25, 0.3) is 0 Å². The average Bonchev–Trinajstić information content (AvgIpc) is 2.14. The summed E-state index contributed by atoms with van der Waals surface area (Å²) >= 11 is 1.11. The van der Waals surface area contributed by atoms with Gasteiger partial charge in [-0.25, -0.2) is 4.98 Å². The summed E-state index contributed by atoms with van der Waals surface area (Å²) in [5.74, 6) is 0. The molecule has 0 unspecified atom stereocenters. The van der Waals surface area contributed by atoms with Gasteiger partial charge in [0.25, 0.3) is 5.26 Å². The van der Waals surface area contributed by atoms with Gasteiger partial charge in [0.1, 0.15) is 0 Å². The fourth-order valence-electron chi connectivity index (χ4n) is 0.447. The molecule has 1 nitrogen and oxygen atoms in total. The molecule has 8 heavy (non-hydrogen) atoms. The Balaban J connectivity index is 2.84. The summed E-state index contributed by atoms with van der Waals surface area (Å²) in [4.78, 5) is 4.44. The first-order valence-corrected chi connectivity index (χ1v) is 3.24. The molecule has 3 heteroatoms. The van der Waals surface area contributed by atoms with E-state index in [2.05, 4.69) is 4.98 Å². The minimum atomic E-state index is -0.332. The molecule has 0 N–H and O–H groups in total. The SMILES string of the molecule is CCc1cnc(F)s1. The van der Waals surface area contributed by atoms with E-state index in [0.717, 1.165) is 22.6 Å². The van der Waals surface area contributed by atoms with E-state index in [0.29, 0.717) is 0 Å². The van der Waals surface area contributed by atoms with E-state index in [-0.39, 0.29) is 5.26 Å². The zero-order valence-corrected chi connectivity index (χ0v) is 5.33. The smallest absolute Gasteiger partial charge is 0.218 e. The van der Waals surface area contributed by atoms with Crippen molar-refractivity contribution in [3.05, 3.63) is 16.3 Å². The van der Waals surface area contributed by atoms with Crippen LogP contribution < -0.4 is 0 Å². The number of halogens is 1. The normalized spacial score (nSPS) is 9.75. The summed E-state index contributed by atoms with van der Waals surface area (Å²) < 4.78 is 12.0. The van der Waals surface area contributed by atoms with Crippen LogP contribution in [0.4, 0.5) is 4.39 Å². The summed E-state index contributed by atoms with van der Waals surface area (Å²) in [7, 11) is 0.